The van der Waals surface area contributed by atoms with Gasteiger partial charge in [0, 0.05) is 43.8 Å². The van der Waals surface area contributed by atoms with Crippen molar-refractivity contribution in [3.8, 4) is 0 Å². The molecule has 6 rings (SSSR count). The van der Waals surface area contributed by atoms with Crippen LogP contribution in [0.4, 0.5) is 22.1 Å². The number of benzene rings is 2. The Balaban J connectivity index is 1.16. The van der Waals surface area contributed by atoms with E-state index in [0.717, 1.165) is 46.7 Å². The van der Waals surface area contributed by atoms with Crippen LogP contribution in [0.25, 0.3) is 21.9 Å². The summed E-state index contributed by atoms with van der Waals surface area (Å²) in [5.74, 6) is 1.56. The highest BCUT2D eigenvalue weighted by Crippen LogP contribution is 2.28. The van der Waals surface area contributed by atoms with Crippen LogP contribution in [0.5, 0.6) is 0 Å². The van der Waals surface area contributed by atoms with Crippen molar-refractivity contribution in [2.45, 2.75) is 53.2 Å². The number of nitrogens with one attached hydrogen (secondary N) is 1. The number of imidazole rings is 1. The number of aromatic nitrogens is 5. The zero-order valence-corrected chi connectivity index (χ0v) is 25.5. The number of pyridine rings is 1. The van der Waals surface area contributed by atoms with Gasteiger partial charge in [-0.2, -0.15) is 0 Å². The molecule has 0 spiro atoms. The first-order valence-corrected chi connectivity index (χ1v) is 14.8. The van der Waals surface area contributed by atoms with Gasteiger partial charge in [-0.1, -0.05) is 12.1 Å². The molecule has 0 bridgehead atoms. The molecule has 0 unspecified atom stereocenters. The first kappa shape index (κ1) is 28.4. The van der Waals surface area contributed by atoms with Gasteiger partial charge < -0.3 is 24.4 Å². The Morgan fingerprint density at radius 1 is 0.953 bits per heavy atom. The molecule has 5 aromatic rings. The van der Waals surface area contributed by atoms with Crippen molar-refractivity contribution in [3.63, 3.8) is 0 Å². The molecule has 10 nitrogen and oxygen atoms in total. The monoisotopic (exact) mass is 578 g/mol. The Morgan fingerprint density at radius 2 is 1.77 bits per heavy atom. The maximum absolute atomic E-state index is 12.5. The van der Waals surface area contributed by atoms with Crippen LogP contribution in [0.1, 0.15) is 44.4 Å². The first-order valence-electron chi connectivity index (χ1n) is 14.8. The highest BCUT2D eigenvalue weighted by atomic mass is 16.6. The van der Waals surface area contributed by atoms with E-state index < -0.39 is 5.60 Å². The van der Waals surface area contributed by atoms with E-state index in [1.165, 1.54) is 22.2 Å². The van der Waals surface area contributed by atoms with Crippen molar-refractivity contribution in [1.29, 1.82) is 0 Å². The largest absolute Gasteiger partial charge is 0.444 e. The number of amides is 1. The van der Waals surface area contributed by atoms with E-state index in [9.17, 15) is 4.79 Å². The lowest BCUT2D eigenvalue weighted by molar-refractivity contribution is 0.0240. The van der Waals surface area contributed by atoms with Crippen molar-refractivity contribution in [2.24, 2.45) is 0 Å². The summed E-state index contributed by atoms with van der Waals surface area (Å²) in [5, 5.41) is 4.40. The number of aryl methyl sites for hydroxylation is 2. The summed E-state index contributed by atoms with van der Waals surface area (Å²) in [6.07, 6.45) is 5.82. The van der Waals surface area contributed by atoms with E-state index >= 15 is 0 Å². The minimum atomic E-state index is -0.509. The molecule has 1 fully saturated rings. The summed E-state index contributed by atoms with van der Waals surface area (Å²) in [7, 11) is 0. The summed E-state index contributed by atoms with van der Waals surface area (Å²) in [6, 6.07) is 15.0. The van der Waals surface area contributed by atoms with Crippen LogP contribution < -0.4 is 10.2 Å². The number of carbonyl (C=O) groups is 1. The summed E-state index contributed by atoms with van der Waals surface area (Å²) in [6.45, 7) is 13.3. The van der Waals surface area contributed by atoms with Crippen LogP contribution in [-0.2, 0) is 17.7 Å². The molecule has 10 heteroatoms. The van der Waals surface area contributed by atoms with E-state index in [-0.39, 0.29) is 6.09 Å². The highest BCUT2D eigenvalue weighted by Gasteiger charge is 2.26. The molecule has 1 saturated heterocycles. The highest BCUT2D eigenvalue weighted by molar-refractivity contribution is 5.92. The average Bonchev–Trinajstić information content (AvgIpc) is 3.40. The molecule has 0 atom stereocenters. The summed E-state index contributed by atoms with van der Waals surface area (Å²) in [4.78, 5) is 34.7. The van der Waals surface area contributed by atoms with Crippen LogP contribution >= 0.6 is 0 Å². The lowest BCUT2D eigenvalue weighted by Crippen LogP contribution is -2.50. The molecule has 2 aromatic carbocycles. The smallest absolute Gasteiger partial charge is 0.410 e. The molecule has 0 aliphatic carbocycles. The molecule has 43 heavy (non-hydrogen) atoms. The fraction of sp³-hybridized carbons (Fsp3) is 0.364. The van der Waals surface area contributed by atoms with Gasteiger partial charge in [-0.05, 0) is 88.1 Å². The fourth-order valence-electron chi connectivity index (χ4n) is 5.47. The normalized spacial score (nSPS) is 14.0. The average molecular weight is 579 g/mol. The maximum atomic E-state index is 12.5. The van der Waals surface area contributed by atoms with Crippen molar-refractivity contribution in [2.75, 3.05) is 36.4 Å². The second-order valence-electron chi connectivity index (χ2n) is 12.0. The number of anilines is 3. The summed E-state index contributed by atoms with van der Waals surface area (Å²) in [5.41, 5.74) is 7.13. The van der Waals surface area contributed by atoms with Gasteiger partial charge in [0.15, 0.2) is 0 Å². The van der Waals surface area contributed by atoms with Crippen molar-refractivity contribution < 1.29 is 9.53 Å². The Kier molecular flexibility index (Phi) is 7.60. The predicted molar refractivity (Wildman–Crippen MR) is 170 cm³/mol. The number of piperazine rings is 1. The molecule has 4 heterocycles. The standard InChI is InChI=1S/C33H38N8O2/c1-6-39-21-37-27-17-23(7-10-29(27)39)16-24-8-9-25(15-22(24)2)38-31-26-18-30(34-19-28(26)35-20-36-31)40-11-13-41(14-12-40)32(42)43-33(3,4)5/h7-10,15,17-21H,6,11-14,16H2,1-5H3,(H,35,36,38). The van der Waals surface area contributed by atoms with Crippen molar-refractivity contribution in [1.82, 2.24) is 29.4 Å². The molecule has 1 amide bonds. The molecule has 1 aliphatic heterocycles. The topological polar surface area (TPSA) is 101 Å². The maximum Gasteiger partial charge on any atom is 0.410 e. The number of nitrogens with zero attached hydrogens (tertiary/aromatic N) is 7. The van der Waals surface area contributed by atoms with Gasteiger partial charge in [-0.25, -0.2) is 24.7 Å². The van der Waals surface area contributed by atoms with Crippen LogP contribution in [0.2, 0.25) is 0 Å². The molecular formula is C33H38N8O2. The third kappa shape index (κ3) is 6.23. The molecular weight excluding hydrogens is 540 g/mol. The van der Waals surface area contributed by atoms with E-state index in [0.29, 0.717) is 26.2 Å². The van der Waals surface area contributed by atoms with Gasteiger partial charge in [0.25, 0.3) is 0 Å². The first-order chi connectivity index (χ1) is 20.7. The fourth-order valence-corrected chi connectivity index (χ4v) is 5.47. The van der Waals surface area contributed by atoms with Crippen molar-refractivity contribution >= 4 is 45.4 Å². The van der Waals surface area contributed by atoms with E-state index in [4.69, 9.17) is 4.74 Å². The number of fused-ring (bicyclic) bond motifs is 2. The molecule has 0 radical (unpaired) electrons. The van der Waals surface area contributed by atoms with Gasteiger partial charge in [0.05, 0.1) is 29.1 Å². The van der Waals surface area contributed by atoms with Gasteiger partial charge in [0.2, 0.25) is 0 Å². The SMILES string of the molecule is CCn1cnc2cc(Cc3ccc(Nc4ncnc5cnc(N6CCN(C(=O)OC(C)(C)C)CC6)cc45)cc3C)ccc21. The van der Waals surface area contributed by atoms with Gasteiger partial charge in [-0.3, -0.25) is 0 Å². The number of ether oxygens (including phenoxy) is 1. The Labute approximate surface area is 251 Å². The van der Waals surface area contributed by atoms with Gasteiger partial charge in [-0.15, -0.1) is 0 Å². The lowest BCUT2D eigenvalue weighted by atomic mass is 9.99. The number of hydrogen-bond acceptors (Lipinski definition) is 8. The lowest BCUT2D eigenvalue weighted by Gasteiger charge is -2.36. The number of hydrogen-bond donors (Lipinski definition) is 1. The minimum absolute atomic E-state index is 0.274. The number of rotatable bonds is 6. The Hall–Kier alpha value is -4.73. The quantitative estimate of drug-likeness (QED) is 0.258. The van der Waals surface area contributed by atoms with Crippen LogP contribution in [0, 0.1) is 6.92 Å². The second-order valence-corrected chi connectivity index (χ2v) is 12.0. The molecule has 222 valence electrons. The van der Waals surface area contributed by atoms with E-state index in [1.54, 1.807) is 17.4 Å². The van der Waals surface area contributed by atoms with Crippen LogP contribution in [0.3, 0.4) is 0 Å². The van der Waals surface area contributed by atoms with E-state index in [1.807, 2.05) is 33.2 Å². The molecule has 3 aromatic heterocycles. The van der Waals surface area contributed by atoms with Crippen LogP contribution in [-0.4, -0.2) is 67.3 Å². The zero-order chi connectivity index (χ0) is 30.1. The summed E-state index contributed by atoms with van der Waals surface area (Å²) < 4.78 is 7.70. The van der Waals surface area contributed by atoms with Gasteiger partial charge in [0.1, 0.15) is 23.6 Å². The third-order valence-electron chi connectivity index (χ3n) is 7.79. The van der Waals surface area contributed by atoms with Crippen LogP contribution in [0.15, 0.2) is 61.3 Å². The Bertz CT molecular complexity index is 1780. The molecule has 0 saturated carbocycles. The third-order valence-corrected chi connectivity index (χ3v) is 7.79. The summed E-state index contributed by atoms with van der Waals surface area (Å²) >= 11 is 0. The zero-order valence-electron chi connectivity index (χ0n) is 25.5. The number of carbonyl (C=O) groups excluding carboxylic acids is 1. The Morgan fingerprint density at radius 3 is 2.51 bits per heavy atom. The minimum Gasteiger partial charge on any atom is -0.444 e. The predicted octanol–water partition coefficient (Wildman–Crippen LogP) is 6.09. The van der Waals surface area contributed by atoms with E-state index in [2.05, 4.69) is 85.0 Å². The van der Waals surface area contributed by atoms with Crippen molar-refractivity contribution in [3.05, 3.63) is 78.0 Å². The molecule has 1 aliphatic rings. The molecule has 1 N–H and O–H groups in total. The van der Waals surface area contributed by atoms with Gasteiger partial charge >= 0.3 is 6.09 Å². The second kappa shape index (κ2) is 11.5.